The van der Waals surface area contributed by atoms with Gasteiger partial charge in [0.2, 0.25) is 0 Å². The van der Waals surface area contributed by atoms with Crippen LogP contribution in [0.15, 0.2) is 54.8 Å². The number of halogens is 1. The van der Waals surface area contributed by atoms with E-state index in [2.05, 4.69) is 53.1 Å². The summed E-state index contributed by atoms with van der Waals surface area (Å²) in [4.78, 5) is 0. The second-order valence-corrected chi connectivity index (χ2v) is 4.40. The van der Waals surface area contributed by atoms with Crippen molar-refractivity contribution in [1.82, 2.24) is 0 Å². The maximum absolute atomic E-state index is 5.62. The molecule has 16 heavy (non-hydrogen) atoms. The van der Waals surface area contributed by atoms with Crippen LogP contribution in [-0.2, 0) is 0 Å². The van der Waals surface area contributed by atoms with E-state index >= 15 is 0 Å². The number of hydrogen-bond acceptors (Lipinski definition) is 1. The highest BCUT2D eigenvalue weighted by Crippen LogP contribution is 2.29. The third-order valence-electron chi connectivity index (χ3n) is 2.29. The van der Waals surface area contributed by atoms with Crippen LogP contribution in [0.1, 0.15) is 0 Å². The van der Waals surface area contributed by atoms with Crippen LogP contribution in [0.2, 0.25) is 0 Å². The molecule has 2 aromatic carbocycles. The first kappa shape index (κ1) is 11.2. The summed E-state index contributed by atoms with van der Waals surface area (Å²) in [6, 6.07) is 12.4. The zero-order valence-electron chi connectivity index (χ0n) is 8.74. The third kappa shape index (κ3) is 2.29. The largest absolute Gasteiger partial charge is 0.488 e. The van der Waals surface area contributed by atoms with Crippen molar-refractivity contribution in [2.45, 2.75) is 0 Å². The topological polar surface area (TPSA) is 9.23 Å². The summed E-state index contributed by atoms with van der Waals surface area (Å²) in [5, 5.41) is 2.46. The maximum Gasteiger partial charge on any atom is 0.133 e. The van der Waals surface area contributed by atoms with Crippen LogP contribution in [0.4, 0.5) is 0 Å². The van der Waals surface area contributed by atoms with Crippen LogP contribution in [0, 0.1) is 3.57 Å². The van der Waals surface area contributed by atoms with Gasteiger partial charge in [-0.1, -0.05) is 36.9 Å². The predicted molar refractivity (Wildman–Crippen MR) is 75.9 cm³/mol. The van der Waals surface area contributed by atoms with Crippen LogP contribution in [-0.4, -0.2) is 6.61 Å². The van der Waals surface area contributed by atoms with Gasteiger partial charge in [0.05, 0.1) is 3.57 Å². The van der Waals surface area contributed by atoms with Crippen molar-refractivity contribution < 1.29 is 4.74 Å². The Kier molecular flexibility index (Phi) is 3.65. The third-order valence-corrected chi connectivity index (χ3v) is 3.41. The predicted octanol–water partition coefficient (Wildman–Crippen LogP) is 4.16. The molecule has 0 unspecified atom stereocenters. The van der Waals surface area contributed by atoms with E-state index in [4.69, 9.17) is 4.74 Å². The molecule has 2 aromatic rings. The van der Waals surface area contributed by atoms with Crippen LogP contribution in [0.25, 0.3) is 10.8 Å². The molecule has 0 spiro atoms. The van der Waals surface area contributed by atoms with E-state index < -0.39 is 0 Å². The molecule has 0 saturated heterocycles. The second kappa shape index (κ2) is 5.19. The number of fused-ring (bicyclic) bond motifs is 1. The molecule has 0 fully saturated rings. The lowest BCUT2D eigenvalue weighted by Gasteiger charge is -2.08. The van der Waals surface area contributed by atoms with Gasteiger partial charge in [-0.3, -0.25) is 0 Å². The molecule has 0 N–H and O–H groups in total. The van der Waals surface area contributed by atoms with Crippen molar-refractivity contribution in [2.24, 2.45) is 0 Å². The fourth-order valence-corrected chi connectivity index (χ4v) is 2.34. The Labute approximate surface area is 109 Å². The molecule has 1 nitrogen and oxygen atoms in total. The first-order valence-electron chi connectivity index (χ1n) is 4.97. The van der Waals surface area contributed by atoms with Crippen molar-refractivity contribution in [3.05, 3.63) is 58.4 Å². The Hall–Kier alpha value is -1.25. The number of hydrogen-bond donors (Lipinski definition) is 0. The minimum absolute atomic E-state index is 0.512. The summed E-state index contributed by atoms with van der Waals surface area (Å²) >= 11 is 2.32. The zero-order chi connectivity index (χ0) is 11.4. The van der Waals surface area contributed by atoms with Gasteiger partial charge < -0.3 is 4.74 Å². The standard InChI is InChI=1S/C14H11IO/c1-2-3-10-16-13-9-8-11-6-4-5-7-12(11)14(13)15/h3-9H,1,10H2. The van der Waals surface area contributed by atoms with E-state index in [1.54, 1.807) is 6.08 Å². The molecular formula is C14H11IO. The second-order valence-electron chi connectivity index (χ2n) is 3.32. The summed E-state index contributed by atoms with van der Waals surface area (Å²) in [6.45, 7) is 4.01. The first-order valence-corrected chi connectivity index (χ1v) is 6.05. The molecule has 0 bridgehead atoms. The van der Waals surface area contributed by atoms with Gasteiger partial charge in [0.15, 0.2) is 0 Å². The van der Waals surface area contributed by atoms with Crippen LogP contribution in [0.3, 0.4) is 0 Å². The normalized spacial score (nSPS) is 9.81. The van der Waals surface area contributed by atoms with Gasteiger partial charge in [-0.15, -0.1) is 5.73 Å². The van der Waals surface area contributed by atoms with Gasteiger partial charge in [-0.05, 0) is 45.5 Å². The molecule has 2 rings (SSSR count). The summed E-state index contributed by atoms with van der Waals surface area (Å²) in [7, 11) is 0. The van der Waals surface area contributed by atoms with Crippen molar-refractivity contribution >= 4 is 33.4 Å². The lowest BCUT2D eigenvalue weighted by molar-refractivity contribution is 0.361. The minimum Gasteiger partial charge on any atom is -0.488 e. The summed E-state index contributed by atoms with van der Waals surface area (Å²) in [5.41, 5.74) is 2.69. The highest BCUT2D eigenvalue weighted by Gasteiger charge is 2.04. The molecule has 0 aliphatic heterocycles. The van der Waals surface area contributed by atoms with E-state index in [1.165, 1.54) is 10.8 Å². The van der Waals surface area contributed by atoms with Crippen molar-refractivity contribution in [3.8, 4) is 5.75 Å². The van der Waals surface area contributed by atoms with Gasteiger partial charge in [0.1, 0.15) is 12.4 Å². The number of benzene rings is 2. The summed E-state index contributed by atoms with van der Waals surface area (Å²) in [5.74, 6) is 0.908. The van der Waals surface area contributed by atoms with Crippen molar-refractivity contribution in [2.75, 3.05) is 6.61 Å². The smallest absolute Gasteiger partial charge is 0.133 e. The SMILES string of the molecule is C=C=CCOc1ccc2ccccc2c1I. The average Bonchev–Trinajstić information content (AvgIpc) is 2.33. The number of rotatable bonds is 3. The summed E-state index contributed by atoms with van der Waals surface area (Å²) in [6.07, 6.45) is 1.77. The highest BCUT2D eigenvalue weighted by molar-refractivity contribution is 14.1. The highest BCUT2D eigenvalue weighted by atomic mass is 127. The van der Waals surface area contributed by atoms with Gasteiger partial charge >= 0.3 is 0 Å². The van der Waals surface area contributed by atoms with Crippen LogP contribution < -0.4 is 4.74 Å². The van der Waals surface area contributed by atoms with Gasteiger partial charge in [-0.25, -0.2) is 0 Å². The lowest BCUT2D eigenvalue weighted by Crippen LogP contribution is -1.95. The van der Waals surface area contributed by atoms with Gasteiger partial charge in [-0.2, -0.15) is 0 Å². The monoisotopic (exact) mass is 322 g/mol. The Balaban J connectivity index is 2.40. The quantitative estimate of drug-likeness (QED) is 0.609. The molecule has 0 radical (unpaired) electrons. The van der Waals surface area contributed by atoms with E-state index in [0.29, 0.717) is 6.61 Å². The van der Waals surface area contributed by atoms with E-state index in [-0.39, 0.29) is 0 Å². The first-order chi connectivity index (χ1) is 7.83. The van der Waals surface area contributed by atoms with Gasteiger partial charge in [0, 0.05) is 0 Å². The molecule has 80 valence electrons. The van der Waals surface area contributed by atoms with E-state index in [0.717, 1.165) is 9.32 Å². The Morgan fingerprint density at radius 1 is 1.25 bits per heavy atom. The Morgan fingerprint density at radius 3 is 2.88 bits per heavy atom. The van der Waals surface area contributed by atoms with Crippen molar-refractivity contribution in [3.63, 3.8) is 0 Å². The van der Waals surface area contributed by atoms with Crippen molar-refractivity contribution in [1.29, 1.82) is 0 Å². The molecule has 0 heterocycles. The number of ether oxygens (including phenoxy) is 1. The summed E-state index contributed by atoms with van der Waals surface area (Å²) < 4.78 is 6.77. The molecule has 0 saturated carbocycles. The Bertz CT molecular complexity index is 554. The van der Waals surface area contributed by atoms with E-state index in [1.807, 2.05) is 18.2 Å². The molecular weight excluding hydrogens is 311 g/mol. The average molecular weight is 322 g/mol. The fourth-order valence-electron chi connectivity index (χ4n) is 1.52. The minimum atomic E-state index is 0.512. The lowest BCUT2D eigenvalue weighted by atomic mass is 10.1. The maximum atomic E-state index is 5.62. The molecule has 0 aromatic heterocycles. The molecule has 0 amide bonds. The molecule has 0 aliphatic carbocycles. The van der Waals surface area contributed by atoms with Crippen LogP contribution >= 0.6 is 22.6 Å². The molecule has 0 atom stereocenters. The molecule has 2 heteroatoms. The van der Waals surface area contributed by atoms with E-state index in [9.17, 15) is 0 Å². The van der Waals surface area contributed by atoms with Gasteiger partial charge in [0.25, 0.3) is 0 Å². The zero-order valence-corrected chi connectivity index (χ0v) is 10.9. The Morgan fingerprint density at radius 2 is 2.06 bits per heavy atom. The fraction of sp³-hybridized carbons (Fsp3) is 0.0714. The van der Waals surface area contributed by atoms with Crippen LogP contribution in [0.5, 0.6) is 5.75 Å². The molecule has 0 aliphatic rings.